The standard InChI is InChI=1S/C29H30Cl2F3N3O4S/c1-3-15-35-28(39)26(16-20-9-5-4-6-10-20)36(18-21-11-7-8-12-24(21)30)27(38)19-37(42(2,40)41)22-13-14-25(31)23(17-22)29(32,33)34/h4-14,17,26H,3,15-16,18-19H2,1-2H3,(H,35,39)/t26-/m0/s1. The Labute approximate surface area is 253 Å². The minimum atomic E-state index is -4.87. The molecule has 0 spiro atoms. The van der Waals surface area contributed by atoms with Gasteiger partial charge in [-0.05, 0) is 41.8 Å². The molecule has 3 rings (SSSR count). The van der Waals surface area contributed by atoms with Crippen LogP contribution in [0, 0.1) is 0 Å². The largest absolute Gasteiger partial charge is 0.417 e. The molecule has 0 aliphatic rings. The molecule has 0 unspecified atom stereocenters. The zero-order valence-electron chi connectivity index (χ0n) is 22.9. The Hall–Kier alpha value is -3.28. The number of nitrogens with one attached hydrogen (secondary N) is 1. The van der Waals surface area contributed by atoms with Crippen LogP contribution in [0.5, 0.6) is 0 Å². The van der Waals surface area contributed by atoms with E-state index < -0.39 is 56.9 Å². The Balaban J connectivity index is 2.10. The molecule has 1 atom stereocenters. The Kier molecular flexibility index (Phi) is 11.3. The summed E-state index contributed by atoms with van der Waals surface area (Å²) in [5.41, 5.74) is -0.434. The molecule has 2 amide bonds. The number of hydrogen-bond donors (Lipinski definition) is 1. The molecular weight excluding hydrogens is 614 g/mol. The third-order valence-electron chi connectivity index (χ3n) is 6.34. The minimum Gasteiger partial charge on any atom is -0.354 e. The molecule has 0 saturated heterocycles. The van der Waals surface area contributed by atoms with Gasteiger partial charge in [0.25, 0.3) is 0 Å². The second-order valence-electron chi connectivity index (χ2n) is 9.54. The monoisotopic (exact) mass is 643 g/mol. The zero-order chi connectivity index (χ0) is 31.1. The first-order chi connectivity index (χ1) is 19.7. The van der Waals surface area contributed by atoms with Crippen LogP contribution in [0.1, 0.15) is 30.0 Å². The van der Waals surface area contributed by atoms with E-state index in [0.29, 0.717) is 33.9 Å². The van der Waals surface area contributed by atoms with Gasteiger partial charge in [0.15, 0.2) is 0 Å². The molecule has 7 nitrogen and oxygen atoms in total. The molecule has 0 heterocycles. The van der Waals surface area contributed by atoms with Crippen LogP contribution < -0.4 is 9.62 Å². The molecule has 0 fully saturated rings. The van der Waals surface area contributed by atoms with Gasteiger partial charge in [-0.25, -0.2) is 8.42 Å². The summed E-state index contributed by atoms with van der Waals surface area (Å²) in [7, 11) is -4.27. The van der Waals surface area contributed by atoms with Gasteiger partial charge in [0.2, 0.25) is 21.8 Å². The van der Waals surface area contributed by atoms with Gasteiger partial charge in [-0.2, -0.15) is 13.2 Å². The second-order valence-corrected chi connectivity index (χ2v) is 12.3. The Morgan fingerprint density at radius 2 is 1.60 bits per heavy atom. The Bertz CT molecular complexity index is 1510. The van der Waals surface area contributed by atoms with Crippen molar-refractivity contribution in [3.8, 4) is 0 Å². The smallest absolute Gasteiger partial charge is 0.354 e. The van der Waals surface area contributed by atoms with E-state index in [2.05, 4.69) is 5.32 Å². The Morgan fingerprint density at radius 3 is 2.19 bits per heavy atom. The number of sulfonamides is 1. The molecule has 13 heteroatoms. The summed E-state index contributed by atoms with van der Waals surface area (Å²) in [6.07, 6.45) is -3.38. The molecule has 3 aromatic rings. The predicted molar refractivity (Wildman–Crippen MR) is 158 cm³/mol. The summed E-state index contributed by atoms with van der Waals surface area (Å²) < 4.78 is 66.9. The lowest BCUT2D eigenvalue weighted by Crippen LogP contribution is -2.53. The van der Waals surface area contributed by atoms with Gasteiger partial charge in [-0.15, -0.1) is 0 Å². The fraction of sp³-hybridized carbons (Fsp3) is 0.310. The summed E-state index contributed by atoms with van der Waals surface area (Å²) in [6, 6.07) is 17.1. The number of carbonyl (C=O) groups is 2. The number of carbonyl (C=O) groups excluding carboxylic acids is 2. The highest BCUT2D eigenvalue weighted by molar-refractivity contribution is 7.92. The molecule has 0 saturated carbocycles. The maximum atomic E-state index is 14.0. The minimum absolute atomic E-state index is 0.0879. The first kappa shape index (κ1) is 33.2. The molecule has 0 aliphatic heterocycles. The van der Waals surface area contributed by atoms with Crippen molar-refractivity contribution in [2.45, 2.75) is 38.5 Å². The SMILES string of the molecule is CCCNC(=O)[C@H](Cc1ccccc1)N(Cc1ccccc1Cl)C(=O)CN(c1ccc(Cl)c(C(F)(F)F)c1)S(C)(=O)=O. The van der Waals surface area contributed by atoms with Crippen LogP contribution in [0.15, 0.2) is 72.8 Å². The molecule has 0 aromatic heterocycles. The van der Waals surface area contributed by atoms with Crippen LogP contribution in [-0.2, 0) is 38.8 Å². The van der Waals surface area contributed by atoms with Gasteiger partial charge in [0.05, 0.1) is 22.5 Å². The van der Waals surface area contributed by atoms with Crippen LogP contribution in [0.4, 0.5) is 18.9 Å². The number of alkyl halides is 3. The molecular formula is C29H30Cl2F3N3O4S. The van der Waals surface area contributed by atoms with Gasteiger partial charge in [-0.3, -0.25) is 13.9 Å². The number of anilines is 1. The van der Waals surface area contributed by atoms with Crippen molar-refractivity contribution in [3.63, 3.8) is 0 Å². The van der Waals surface area contributed by atoms with Crippen molar-refractivity contribution in [2.75, 3.05) is 23.7 Å². The maximum absolute atomic E-state index is 14.0. The third kappa shape index (κ3) is 8.86. The molecule has 0 radical (unpaired) electrons. The average molecular weight is 645 g/mol. The van der Waals surface area contributed by atoms with E-state index >= 15 is 0 Å². The normalized spacial score (nSPS) is 12.5. The van der Waals surface area contributed by atoms with E-state index in [9.17, 15) is 31.2 Å². The van der Waals surface area contributed by atoms with E-state index in [1.54, 1.807) is 54.6 Å². The molecule has 226 valence electrons. The van der Waals surface area contributed by atoms with Crippen LogP contribution in [0.3, 0.4) is 0 Å². The summed E-state index contributed by atoms with van der Waals surface area (Å²) in [6.45, 7) is 1.15. The van der Waals surface area contributed by atoms with Gasteiger partial charge >= 0.3 is 6.18 Å². The summed E-state index contributed by atoms with van der Waals surface area (Å²) in [5.74, 6) is -1.30. The van der Waals surface area contributed by atoms with Crippen LogP contribution in [-0.4, -0.2) is 50.5 Å². The first-order valence-electron chi connectivity index (χ1n) is 12.9. The highest BCUT2D eigenvalue weighted by Gasteiger charge is 2.36. The average Bonchev–Trinajstić information content (AvgIpc) is 2.93. The number of hydrogen-bond acceptors (Lipinski definition) is 4. The van der Waals surface area contributed by atoms with Crippen molar-refractivity contribution in [1.29, 1.82) is 0 Å². The molecule has 0 bridgehead atoms. The van der Waals surface area contributed by atoms with Crippen LogP contribution in [0.2, 0.25) is 10.0 Å². The maximum Gasteiger partial charge on any atom is 0.417 e. The zero-order valence-corrected chi connectivity index (χ0v) is 25.2. The van der Waals surface area contributed by atoms with Crippen molar-refractivity contribution >= 4 is 50.7 Å². The highest BCUT2D eigenvalue weighted by atomic mass is 35.5. The molecule has 42 heavy (non-hydrogen) atoms. The predicted octanol–water partition coefficient (Wildman–Crippen LogP) is 5.94. The van der Waals surface area contributed by atoms with E-state index in [4.69, 9.17) is 23.2 Å². The van der Waals surface area contributed by atoms with Crippen LogP contribution in [0.25, 0.3) is 0 Å². The van der Waals surface area contributed by atoms with Crippen molar-refractivity contribution in [2.24, 2.45) is 0 Å². The number of benzene rings is 3. The molecule has 3 aromatic carbocycles. The Morgan fingerprint density at radius 1 is 0.952 bits per heavy atom. The van der Waals surface area contributed by atoms with E-state index in [0.717, 1.165) is 24.0 Å². The fourth-order valence-electron chi connectivity index (χ4n) is 4.23. The number of rotatable bonds is 12. The first-order valence-corrected chi connectivity index (χ1v) is 15.5. The number of amides is 2. The fourth-order valence-corrected chi connectivity index (χ4v) is 5.49. The lowest BCUT2D eigenvalue weighted by Gasteiger charge is -2.33. The van der Waals surface area contributed by atoms with Gasteiger partial charge in [0, 0.05) is 24.5 Å². The second kappa shape index (κ2) is 14.3. The summed E-state index contributed by atoms with van der Waals surface area (Å²) >= 11 is 12.1. The van der Waals surface area contributed by atoms with Crippen molar-refractivity contribution in [1.82, 2.24) is 10.2 Å². The van der Waals surface area contributed by atoms with Crippen molar-refractivity contribution < 1.29 is 31.2 Å². The lowest BCUT2D eigenvalue weighted by atomic mass is 10.0. The quantitative estimate of drug-likeness (QED) is 0.264. The van der Waals surface area contributed by atoms with E-state index in [1.165, 1.54) is 4.90 Å². The summed E-state index contributed by atoms with van der Waals surface area (Å²) in [5, 5.41) is 2.49. The third-order valence-corrected chi connectivity index (χ3v) is 8.18. The van der Waals surface area contributed by atoms with Gasteiger partial charge in [-0.1, -0.05) is 78.7 Å². The summed E-state index contributed by atoms with van der Waals surface area (Å²) in [4.78, 5) is 28.7. The van der Waals surface area contributed by atoms with E-state index in [-0.39, 0.29) is 13.0 Å². The lowest BCUT2D eigenvalue weighted by molar-refractivity contribution is -0.140. The van der Waals surface area contributed by atoms with Crippen molar-refractivity contribution in [3.05, 3.63) is 99.5 Å². The molecule has 1 N–H and O–H groups in total. The van der Waals surface area contributed by atoms with Gasteiger partial charge in [0.1, 0.15) is 12.6 Å². The number of nitrogens with zero attached hydrogens (tertiary/aromatic N) is 2. The molecule has 0 aliphatic carbocycles. The van der Waals surface area contributed by atoms with Gasteiger partial charge < -0.3 is 10.2 Å². The highest BCUT2D eigenvalue weighted by Crippen LogP contribution is 2.37. The van der Waals surface area contributed by atoms with Crippen LogP contribution >= 0.6 is 23.2 Å². The number of halogens is 5. The topological polar surface area (TPSA) is 86.8 Å². The van der Waals surface area contributed by atoms with E-state index in [1.807, 2.05) is 6.92 Å².